The van der Waals surface area contributed by atoms with Gasteiger partial charge >= 0.3 is 0 Å². The Bertz CT molecular complexity index is 1430. The second-order valence-electron chi connectivity index (χ2n) is 11.9. The van der Waals surface area contributed by atoms with Crippen LogP contribution in [0, 0.1) is 11.8 Å². The number of carbonyl (C=O) groups is 1. The van der Waals surface area contributed by atoms with Gasteiger partial charge in [-0.05, 0) is 110 Å². The second-order valence-corrected chi connectivity index (χ2v) is 14.3. The lowest BCUT2D eigenvalue weighted by Gasteiger charge is -2.43. The van der Waals surface area contributed by atoms with Crippen molar-refractivity contribution in [1.29, 1.82) is 0 Å². The zero-order chi connectivity index (χ0) is 30.0. The minimum atomic E-state index is -4.03. The molecule has 42 heavy (non-hydrogen) atoms. The molecule has 2 heterocycles. The first kappa shape index (κ1) is 30.9. The molecule has 1 aliphatic carbocycles. The standard InChI is InChI=1S/C32H41ClN2O6S/c1-3-26-11-13-29(36)31(37)20(2)27-12-8-23(27)18-35-15-5-4-6-21-16-25(33)10-7-24(21)19-41-30-14-9-22(17-28(30)35)32(38)34-42(26,39)40/h7,9-10,14,16-17,23,26-27,29,31,36-37H,2-6,8,11-13,15,18-19H2,1H3,(H,34,38)/t23-,26+,27-,29-,31-/m0/s1. The quantitative estimate of drug-likeness (QED) is 0.386. The van der Waals surface area contributed by atoms with Gasteiger partial charge < -0.3 is 19.8 Å². The number of nitrogens with zero attached hydrogens (tertiary/aromatic N) is 1. The van der Waals surface area contributed by atoms with Crippen LogP contribution in [0.2, 0.25) is 5.02 Å². The highest BCUT2D eigenvalue weighted by Crippen LogP contribution is 2.43. The molecule has 1 fully saturated rings. The molecule has 0 aromatic heterocycles. The molecule has 1 saturated carbocycles. The van der Waals surface area contributed by atoms with E-state index in [4.69, 9.17) is 16.3 Å². The fourth-order valence-electron chi connectivity index (χ4n) is 6.47. The van der Waals surface area contributed by atoms with Crippen LogP contribution in [-0.4, -0.2) is 55.1 Å². The van der Waals surface area contributed by atoms with E-state index in [9.17, 15) is 23.4 Å². The largest absolute Gasteiger partial charge is 0.487 e. The number of aliphatic hydroxyl groups excluding tert-OH is 2. The number of amides is 1. The van der Waals surface area contributed by atoms with Crippen LogP contribution in [0.4, 0.5) is 5.69 Å². The van der Waals surface area contributed by atoms with Crippen LogP contribution < -0.4 is 14.4 Å². The van der Waals surface area contributed by atoms with Gasteiger partial charge in [0.05, 0.1) is 17.0 Å². The zero-order valence-corrected chi connectivity index (χ0v) is 25.7. The summed E-state index contributed by atoms with van der Waals surface area (Å²) >= 11 is 6.30. The van der Waals surface area contributed by atoms with Gasteiger partial charge in [-0.2, -0.15) is 0 Å². The number of nitrogens with one attached hydrogen (secondary N) is 1. The fraction of sp³-hybridized carbons (Fsp3) is 0.531. The molecule has 0 radical (unpaired) electrons. The molecule has 2 aromatic rings. The average molecular weight is 617 g/mol. The SMILES string of the molecule is C=C1[C@H](O)[C@@H](O)CC[C@@H](CC)S(=O)(=O)NC(=O)c2ccc3c(c2)N(CCCCc2cc(Cl)ccc2CO3)C[C@@H]2CC[C@@H]12. The lowest BCUT2D eigenvalue weighted by Crippen LogP contribution is -2.44. The topological polar surface area (TPSA) is 116 Å². The highest BCUT2D eigenvalue weighted by Gasteiger charge is 2.39. The summed E-state index contributed by atoms with van der Waals surface area (Å²) in [6.45, 7) is 7.60. The molecule has 228 valence electrons. The summed E-state index contributed by atoms with van der Waals surface area (Å²) in [6.07, 6.45) is 2.68. The highest BCUT2D eigenvalue weighted by atomic mass is 35.5. The molecule has 5 rings (SSSR count). The van der Waals surface area contributed by atoms with Gasteiger partial charge in [-0.1, -0.05) is 31.2 Å². The molecule has 2 aromatic carbocycles. The second kappa shape index (κ2) is 13.0. The first-order valence-electron chi connectivity index (χ1n) is 15.0. The van der Waals surface area contributed by atoms with Crippen LogP contribution >= 0.6 is 11.6 Å². The van der Waals surface area contributed by atoms with Crippen molar-refractivity contribution in [1.82, 2.24) is 4.72 Å². The molecular weight excluding hydrogens is 576 g/mol. The van der Waals surface area contributed by atoms with E-state index in [-0.39, 0.29) is 36.7 Å². The summed E-state index contributed by atoms with van der Waals surface area (Å²) in [7, 11) is -4.03. The van der Waals surface area contributed by atoms with E-state index in [1.54, 1.807) is 25.1 Å². The van der Waals surface area contributed by atoms with E-state index in [1.165, 1.54) is 0 Å². The maximum absolute atomic E-state index is 13.3. The number of aryl methyl sites for hydroxylation is 1. The summed E-state index contributed by atoms with van der Waals surface area (Å²) < 4.78 is 35.0. The molecule has 3 N–H and O–H groups in total. The Labute approximate surface area is 253 Å². The summed E-state index contributed by atoms with van der Waals surface area (Å²) in [6, 6.07) is 10.9. The van der Waals surface area contributed by atoms with E-state index in [0.717, 1.165) is 48.9 Å². The van der Waals surface area contributed by atoms with Gasteiger partial charge in [-0.25, -0.2) is 13.1 Å². The number of sulfonamides is 1. The highest BCUT2D eigenvalue weighted by molar-refractivity contribution is 7.90. The number of anilines is 1. The predicted molar refractivity (Wildman–Crippen MR) is 164 cm³/mol. The minimum absolute atomic E-state index is 0.0358. The number of benzene rings is 2. The number of halogens is 1. The van der Waals surface area contributed by atoms with E-state index >= 15 is 0 Å². The van der Waals surface area contributed by atoms with Gasteiger partial charge in [0.25, 0.3) is 5.91 Å². The van der Waals surface area contributed by atoms with E-state index in [2.05, 4.69) is 16.2 Å². The van der Waals surface area contributed by atoms with Crippen molar-refractivity contribution in [3.05, 3.63) is 70.3 Å². The fourth-order valence-corrected chi connectivity index (χ4v) is 8.09. The van der Waals surface area contributed by atoms with Crippen LogP contribution in [0.15, 0.2) is 48.6 Å². The number of ether oxygens (including phenoxy) is 1. The number of rotatable bonds is 1. The smallest absolute Gasteiger partial charge is 0.264 e. The van der Waals surface area contributed by atoms with Gasteiger partial charge in [-0.15, -0.1) is 0 Å². The van der Waals surface area contributed by atoms with Crippen LogP contribution in [-0.2, 0) is 23.1 Å². The van der Waals surface area contributed by atoms with Crippen molar-refractivity contribution in [2.45, 2.75) is 82.4 Å². The monoisotopic (exact) mass is 616 g/mol. The average Bonchev–Trinajstić information content (AvgIpc) is 2.97. The van der Waals surface area contributed by atoms with E-state index in [1.807, 2.05) is 18.2 Å². The number of hydrogen-bond acceptors (Lipinski definition) is 7. The predicted octanol–water partition coefficient (Wildman–Crippen LogP) is 5.00. The minimum Gasteiger partial charge on any atom is -0.487 e. The van der Waals surface area contributed by atoms with Crippen molar-refractivity contribution in [2.75, 3.05) is 18.0 Å². The van der Waals surface area contributed by atoms with Gasteiger partial charge in [0, 0.05) is 23.7 Å². The molecule has 10 heteroatoms. The van der Waals surface area contributed by atoms with Crippen LogP contribution in [0.5, 0.6) is 5.75 Å². The van der Waals surface area contributed by atoms with Gasteiger partial charge in [0.2, 0.25) is 10.0 Å². The Morgan fingerprint density at radius 2 is 1.88 bits per heavy atom. The van der Waals surface area contributed by atoms with Crippen LogP contribution in [0.3, 0.4) is 0 Å². The molecule has 0 spiro atoms. The number of fused-ring (bicyclic) bond motifs is 3. The lowest BCUT2D eigenvalue weighted by molar-refractivity contribution is 0.0203. The van der Waals surface area contributed by atoms with Crippen LogP contribution in [0.25, 0.3) is 0 Å². The molecular formula is C32H41ClN2O6S. The Morgan fingerprint density at radius 3 is 2.62 bits per heavy atom. The van der Waals surface area contributed by atoms with Crippen molar-refractivity contribution >= 4 is 33.2 Å². The van der Waals surface area contributed by atoms with E-state index < -0.39 is 33.4 Å². The summed E-state index contributed by atoms with van der Waals surface area (Å²) in [4.78, 5) is 15.5. The number of hydrogen-bond donors (Lipinski definition) is 3. The molecule has 3 aliphatic rings. The molecule has 1 amide bonds. The Kier molecular flexibility index (Phi) is 9.52. The molecule has 2 bridgehead atoms. The summed E-state index contributed by atoms with van der Waals surface area (Å²) in [5, 5.41) is 21.6. The van der Waals surface area contributed by atoms with Crippen molar-refractivity contribution < 1.29 is 28.2 Å². The Hall–Kier alpha value is -2.59. The molecule has 5 atom stereocenters. The maximum atomic E-state index is 13.3. The molecule has 0 unspecified atom stereocenters. The summed E-state index contributed by atoms with van der Waals surface area (Å²) in [5.74, 6) is 0.152. The molecule has 2 aliphatic heterocycles. The normalized spacial score (nSPS) is 28.7. The summed E-state index contributed by atoms with van der Waals surface area (Å²) in [5.41, 5.74) is 3.77. The lowest BCUT2D eigenvalue weighted by atomic mass is 9.68. The van der Waals surface area contributed by atoms with Gasteiger partial charge in [0.15, 0.2) is 0 Å². The molecule has 0 saturated heterocycles. The first-order chi connectivity index (χ1) is 20.1. The molecule has 8 nitrogen and oxygen atoms in total. The number of carbonyl (C=O) groups excluding carboxylic acids is 1. The first-order valence-corrected chi connectivity index (χ1v) is 16.9. The van der Waals surface area contributed by atoms with Crippen molar-refractivity contribution in [2.24, 2.45) is 11.8 Å². The third kappa shape index (κ3) is 6.64. The van der Waals surface area contributed by atoms with Crippen molar-refractivity contribution in [3.63, 3.8) is 0 Å². The number of aliphatic hydroxyl groups is 2. The van der Waals surface area contributed by atoms with Crippen LogP contribution in [0.1, 0.15) is 73.4 Å². The van der Waals surface area contributed by atoms with E-state index in [0.29, 0.717) is 36.0 Å². The Balaban J connectivity index is 1.55. The maximum Gasteiger partial charge on any atom is 0.264 e. The van der Waals surface area contributed by atoms with Crippen molar-refractivity contribution in [3.8, 4) is 5.75 Å². The third-order valence-corrected chi connectivity index (χ3v) is 11.4. The zero-order valence-electron chi connectivity index (χ0n) is 24.1. The van der Waals surface area contributed by atoms with Gasteiger partial charge in [0.1, 0.15) is 18.5 Å². The van der Waals surface area contributed by atoms with Gasteiger partial charge in [-0.3, -0.25) is 4.79 Å². The Morgan fingerprint density at radius 1 is 1.07 bits per heavy atom. The third-order valence-electron chi connectivity index (χ3n) is 9.24.